The minimum atomic E-state index is -0.527. The van der Waals surface area contributed by atoms with Crippen LogP contribution >= 0.6 is 11.8 Å². The van der Waals surface area contributed by atoms with Crippen LogP contribution in [0.3, 0.4) is 0 Å². The molecule has 0 fully saturated rings. The molecule has 43 heavy (non-hydrogen) atoms. The molecule has 2 aromatic heterocycles. The Morgan fingerprint density at radius 2 is 1.70 bits per heavy atom. The van der Waals surface area contributed by atoms with Gasteiger partial charge in [0, 0.05) is 44.5 Å². The van der Waals surface area contributed by atoms with E-state index in [9.17, 15) is 14.4 Å². The molecule has 2 aliphatic heterocycles. The highest BCUT2D eigenvalue weighted by Gasteiger charge is 2.24. The molecule has 0 spiro atoms. The summed E-state index contributed by atoms with van der Waals surface area (Å²) in [6.45, 7) is 2.81. The lowest BCUT2D eigenvalue weighted by Crippen LogP contribution is -2.33. The van der Waals surface area contributed by atoms with E-state index in [4.69, 9.17) is 23.9 Å². The number of thioether (sulfide) groups is 1. The molecular weight excluding hydrogens is 574 g/mol. The first-order valence-corrected chi connectivity index (χ1v) is 14.7. The number of aromatic nitrogens is 3. The van der Waals surface area contributed by atoms with Crippen LogP contribution in [-0.4, -0.2) is 45.2 Å². The van der Waals surface area contributed by atoms with Crippen molar-refractivity contribution < 1.29 is 28.5 Å². The number of carbonyl (C=O) groups excluding carboxylic acids is 2. The Hall–Kier alpha value is -4.78. The van der Waals surface area contributed by atoms with Gasteiger partial charge < -0.3 is 29.6 Å². The minimum Gasteiger partial charge on any atom is -0.454 e. The van der Waals surface area contributed by atoms with Crippen LogP contribution in [0.15, 0.2) is 64.8 Å². The van der Waals surface area contributed by atoms with E-state index in [1.165, 1.54) is 16.3 Å². The van der Waals surface area contributed by atoms with Crippen LogP contribution in [0.5, 0.6) is 23.0 Å². The first-order chi connectivity index (χ1) is 21.0. The van der Waals surface area contributed by atoms with Gasteiger partial charge in [-0.25, -0.2) is 4.98 Å². The molecule has 4 aromatic rings. The van der Waals surface area contributed by atoms with Gasteiger partial charge in [-0.1, -0.05) is 30.8 Å². The van der Waals surface area contributed by atoms with Gasteiger partial charge in [0.15, 0.2) is 28.2 Å². The Morgan fingerprint density at radius 3 is 2.47 bits per heavy atom. The van der Waals surface area contributed by atoms with Gasteiger partial charge >= 0.3 is 0 Å². The van der Waals surface area contributed by atoms with Crippen molar-refractivity contribution in [3.8, 4) is 23.0 Å². The van der Waals surface area contributed by atoms with Crippen molar-refractivity contribution >= 4 is 34.5 Å². The number of carbonyl (C=O) groups is 2. The maximum atomic E-state index is 13.7. The second-order valence-corrected chi connectivity index (χ2v) is 11.1. The molecule has 13 heteroatoms. The Kier molecular flexibility index (Phi) is 8.31. The first kappa shape index (κ1) is 28.3. The number of hydrogen-bond donors (Lipinski definition) is 2. The SMILES string of the molecule is CC[C@@H](Sc1nc2cc3c(cc2c(=O)n1CCC(=O)NCc1ccc2c(c1)OCO2)OCO3)C(=O)NCc1cccnc1. The van der Waals surface area contributed by atoms with Crippen molar-refractivity contribution in [3.63, 3.8) is 0 Å². The number of amides is 2. The number of ether oxygens (including phenoxy) is 4. The Balaban J connectivity index is 1.20. The van der Waals surface area contributed by atoms with E-state index in [1.54, 1.807) is 30.6 Å². The molecule has 0 bridgehead atoms. The van der Waals surface area contributed by atoms with E-state index in [2.05, 4.69) is 15.6 Å². The Morgan fingerprint density at radius 1 is 0.953 bits per heavy atom. The zero-order valence-corrected chi connectivity index (χ0v) is 24.1. The summed E-state index contributed by atoms with van der Waals surface area (Å²) in [5, 5.41) is 5.98. The highest BCUT2D eigenvalue weighted by Crippen LogP contribution is 2.36. The minimum absolute atomic E-state index is 0.0275. The van der Waals surface area contributed by atoms with Gasteiger partial charge in [0.05, 0.1) is 16.2 Å². The number of hydrogen-bond acceptors (Lipinski definition) is 10. The van der Waals surface area contributed by atoms with E-state index in [0.29, 0.717) is 58.6 Å². The second kappa shape index (κ2) is 12.6. The summed E-state index contributed by atoms with van der Waals surface area (Å²) < 4.78 is 23.1. The molecule has 12 nitrogen and oxygen atoms in total. The van der Waals surface area contributed by atoms with Crippen LogP contribution < -0.4 is 35.1 Å². The highest BCUT2D eigenvalue weighted by molar-refractivity contribution is 8.00. The average Bonchev–Trinajstić information content (AvgIpc) is 3.69. The summed E-state index contributed by atoms with van der Waals surface area (Å²) in [5.74, 6) is 1.83. The lowest BCUT2D eigenvalue weighted by Gasteiger charge is -2.18. The molecule has 0 aliphatic carbocycles. The molecule has 1 atom stereocenters. The first-order valence-electron chi connectivity index (χ1n) is 13.8. The van der Waals surface area contributed by atoms with Gasteiger partial charge in [0.1, 0.15) is 0 Å². The Bertz CT molecular complexity index is 1730. The molecule has 0 radical (unpaired) electrons. The Labute approximate surface area is 250 Å². The van der Waals surface area contributed by atoms with E-state index in [-0.39, 0.29) is 43.9 Å². The van der Waals surface area contributed by atoms with E-state index in [1.807, 2.05) is 31.2 Å². The van der Waals surface area contributed by atoms with Crippen LogP contribution in [0.2, 0.25) is 0 Å². The fraction of sp³-hybridized carbons (Fsp3) is 0.300. The van der Waals surface area contributed by atoms with Gasteiger partial charge in [-0.15, -0.1) is 0 Å². The van der Waals surface area contributed by atoms with E-state index >= 15 is 0 Å². The monoisotopic (exact) mass is 603 g/mol. The molecule has 4 heterocycles. The van der Waals surface area contributed by atoms with Crippen molar-refractivity contribution in [2.45, 2.75) is 49.8 Å². The lowest BCUT2D eigenvalue weighted by molar-refractivity contribution is -0.122. The molecule has 0 unspecified atom stereocenters. The summed E-state index contributed by atoms with van der Waals surface area (Å²) in [4.78, 5) is 48.6. The maximum absolute atomic E-state index is 13.7. The van der Waals surface area contributed by atoms with Crippen LogP contribution in [0.1, 0.15) is 30.9 Å². The maximum Gasteiger partial charge on any atom is 0.262 e. The zero-order chi connectivity index (χ0) is 29.8. The number of fused-ring (bicyclic) bond motifs is 3. The van der Waals surface area contributed by atoms with Gasteiger partial charge in [0.25, 0.3) is 5.56 Å². The molecule has 0 saturated heterocycles. The molecule has 0 saturated carbocycles. The molecule has 6 rings (SSSR count). The fourth-order valence-electron chi connectivity index (χ4n) is 4.69. The largest absolute Gasteiger partial charge is 0.454 e. The normalized spacial score (nSPS) is 13.6. The summed E-state index contributed by atoms with van der Waals surface area (Å²) in [6.07, 6.45) is 3.89. The predicted octanol–water partition coefficient (Wildman–Crippen LogP) is 3.14. The van der Waals surface area contributed by atoms with Crippen molar-refractivity contribution in [3.05, 3.63) is 76.3 Å². The van der Waals surface area contributed by atoms with Gasteiger partial charge in [-0.3, -0.25) is 23.9 Å². The smallest absolute Gasteiger partial charge is 0.262 e. The third kappa shape index (κ3) is 6.36. The van der Waals surface area contributed by atoms with E-state index < -0.39 is 5.25 Å². The second-order valence-electron chi connectivity index (χ2n) is 9.88. The quantitative estimate of drug-likeness (QED) is 0.194. The molecule has 222 valence electrons. The van der Waals surface area contributed by atoms with Gasteiger partial charge in [-0.05, 0) is 41.8 Å². The lowest BCUT2D eigenvalue weighted by atomic mass is 10.2. The predicted molar refractivity (Wildman–Crippen MR) is 157 cm³/mol. The standard InChI is InChI=1S/C30H29N5O7S/c1-2-26(28(37)33-15-19-4-3-8-31-13-19)43-30-34-21-12-25-24(41-17-42-25)11-20(21)29(38)35(30)9-7-27(36)32-14-18-5-6-22-23(10-18)40-16-39-22/h3-6,8,10-13,26H,2,7,9,14-17H2,1H3,(H,32,36)(H,33,37)/t26-/m1/s1. The molecule has 2 aromatic carbocycles. The molecular formula is C30H29N5O7S. The van der Waals surface area contributed by atoms with Gasteiger partial charge in [-0.2, -0.15) is 0 Å². The summed E-state index contributed by atoms with van der Waals surface area (Å²) in [6, 6.07) is 12.4. The van der Waals surface area contributed by atoms with Crippen molar-refractivity contribution in [2.75, 3.05) is 13.6 Å². The molecule has 2 N–H and O–H groups in total. The van der Waals surface area contributed by atoms with Crippen LogP contribution in [-0.2, 0) is 29.2 Å². The van der Waals surface area contributed by atoms with Crippen molar-refractivity contribution in [1.82, 2.24) is 25.2 Å². The summed E-state index contributed by atoms with van der Waals surface area (Å²) >= 11 is 1.19. The topological polar surface area (TPSA) is 143 Å². The highest BCUT2D eigenvalue weighted by atomic mass is 32.2. The number of nitrogens with one attached hydrogen (secondary N) is 2. The van der Waals surface area contributed by atoms with Crippen molar-refractivity contribution in [1.29, 1.82) is 0 Å². The number of rotatable bonds is 11. The van der Waals surface area contributed by atoms with E-state index in [0.717, 1.165) is 11.1 Å². The van der Waals surface area contributed by atoms with Crippen LogP contribution in [0.25, 0.3) is 10.9 Å². The van der Waals surface area contributed by atoms with Crippen LogP contribution in [0.4, 0.5) is 0 Å². The third-order valence-electron chi connectivity index (χ3n) is 7.00. The number of pyridine rings is 1. The zero-order valence-electron chi connectivity index (χ0n) is 23.3. The average molecular weight is 604 g/mol. The third-order valence-corrected chi connectivity index (χ3v) is 8.36. The van der Waals surface area contributed by atoms with Crippen LogP contribution in [0, 0.1) is 0 Å². The molecule has 2 amide bonds. The van der Waals surface area contributed by atoms with Gasteiger partial charge in [0.2, 0.25) is 25.4 Å². The molecule has 2 aliphatic rings. The number of benzene rings is 2. The fourth-order valence-corrected chi connectivity index (χ4v) is 5.75. The summed E-state index contributed by atoms with van der Waals surface area (Å²) in [5.41, 5.74) is 1.82. The van der Waals surface area contributed by atoms with Crippen molar-refractivity contribution in [2.24, 2.45) is 0 Å². The summed E-state index contributed by atoms with van der Waals surface area (Å²) in [7, 11) is 0. The number of nitrogens with zero attached hydrogens (tertiary/aromatic N) is 3.